The zero-order chi connectivity index (χ0) is 16.9. The molecule has 0 aliphatic carbocycles. The van der Waals surface area contributed by atoms with Gasteiger partial charge in [-0.25, -0.2) is 4.99 Å². The smallest absolute Gasteiger partial charge is 0.194 e. The molecule has 1 aliphatic heterocycles. The number of nitrogens with zero attached hydrogens (tertiary/aromatic N) is 5. The average molecular weight is 340 g/mol. The van der Waals surface area contributed by atoms with Gasteiger partial charge in [0.15, 0.2) is 11.8 Å². The largest absolute Gasteiger partial charge is 0.383 e. The number of hydrogen-bond acceptors (Lipinski definition) is 5. The van der Waals surface area contributed by atoms with E-state index in [2.05, 4.69) is 34.3 Å². The molecule has 0 saturated carbocycles. The highest BCUT2D eigenvalue weighted by Crippen LogP contribution is 2.29. The summed E-state index contributed by atoms with van der Waals surface area (Å²) in [4.78, 5) is 7.10. The lowest BCUT2D eigenvalue weighted by Gasteiger charge is -2.39. The summed E-state index contributed by atoms with van der Waals surface area (Å²) >= 11 is 2.01. The number of hydrogen-bond donors (Lipinski definition) is 1. The Labute approximate surface area is 142 Å². The standard InChI is InChI=1S/C15H28N6OS/c1-12-18-19-13(20(12)4)10-17-14(16-6-8-22-5)21-7-9-23-15(2,3)11-21/h6-11H2,1-5H3,(H,16,17). The zero-order valence-corrected chi connectivity index (χ0v) is 15.6. The summed E-state index contributed by atoms with van der Waals surface area (Å²) in [5.74, 6) is 3.82. The van der Waals surface area contributed by atoms with Crippen LogP contribution in [0.2, 0.25) is 0 Å². The first-order valence-electron chi connectivity index (χ1n) is 7.94. The third kappa shape index (κ3) is 5.10. The van der Waals surface area contributed by atoms with Crippen molar-refractivity contribution in [3.8, 4) is 0 Å². The molecule has 0 spiro atoms. The predicted molar refractivity (Wildman–Crippen MR) is 94.9 cm³/mol. The minimum atomic E-state index is 0.239. The highest BCUT2D eigenvalue weighted by atomic mass is 32.2. The van der Waals surface area contributed by atoms with Crippen molar-refractivity contribution in [2.75, 3.05) is 39.1 Å². The fourth-order valence-electron chi connectivity index (χ4n) is 2.46. The third-order valence-electron chi connectivity index (χ3n) is 3.87. The molecule has 2 rings (SSSR count). The molecule has 2 heterocycles. The Morgan fingerprint density at radius 2 is 2.22 bits per heavy atom. The fraction of sp³-hybridized carbons (Fsp3) is 0.800. The molecule has 130 valence electrons. The minimum absolute atomic E-state index is 0.239. The second-order valence-electron chi connectivity index (χ2n) is 6.31. The van der Waals surface area contributed by atoms with Crippen molar-refractivity contribution in [3.05, 3.63) is 11.6 Å². The van der Waals surface area contributed by atoms with Crippen LogP contribution in [0.5, 0.6) is 0 Å². The van der Waals surface area contributed by atoms with Gasteiger partial charge in [-0.05, 0) is 20.8 Å². The minimum Gasteiger partial charge on any atom is -0.383 e. The Hall–Kier alpha value is -1.28. The average Bonchev–Trinajstić information content (AvgIpc) is 2.81. The molecule has 7 nitrogen and oxygen atoms in total. The predicted octanol–water partition coefficient (Wildman–Crippen LogP) is 1.04. The van der Waals surface area contributed by atoms with Crippen LogP contribution in [0.4, 0.5) is 0 Å². The van der Waals surface area contributed by atoms with Gasteiger partial charge in [0.05, 0.1) is 6.61 Å². The van der Waals surface area contributed by atoms with Crippen LogP contribution in [-0.2, 0) is 18.3 Å². The summed E-state index contributed by atoms with van der Waals surface area (Å²) in [6, 6.07) is 0. The Balaban J connectivity index is 2.09. The lowest BCUT2D eigenvalue weighted by atomic mass is 10.2. The van der Waals surface area contributed by atoms with Crippen LogP contribution in [0.25, 0.3) is 0 Å². The Morgan fingerprint density at radius 3 is 2.83 bits per heavy atom. The molecular weight excluding hydrogens is 312 g/mol. The number of thioether (sulfide) groups is 1. The molecule has 1 fully saturated rings. The first kappa shape index (κ1) is 18.1. The highest BCUT2D eigenvalue weighted by molar-refractivity contribution is 8.00. The Kier molecular flexibility index (Phi) is 6.29. The maximum absolute atomic E-state index is 5.14. The molecule has 0 unspecified atom stereocenters. The topological polar surface area (TPSA) is 67.6 Å². The van der Waals surface area contributed by atoms with Gasteiger partial charge in [0.25, 0.3) is 0 Å². The van der Waals surface area contributed by atoms with E-state index >= 15 is 0 Å². The van der Waals surface area contributed by atoms with E-state index in [-0.39, 0.29) is 4.75 Å². The summed E-state index contributed by atoms with van der Waals surface area (Å²) in [6.07, 6.45) is 0. The molecule has 1 aromatic heterocycles. The molecule has 0 radical (unpaired) electrons. The number of rotatable bonds is 5. The monoisotopic (exact) mass is 340 g/mol. The second-order valence-corrected chi connectivity index (χ2v) is 8.11. The van der Waals surface area contributed by atoms with Crippen molar-refractivity contribution in [1.82, 2.24) is 25.0 Å². The van der Waals surface area contributed by atoms with Gasteiger partial charge < -0.3 is 19.5 Å². The van der Waals surface area contributed by atoms with Gasteiger partial charge in [-0.3, -0.25) is 0 Å². The van der Waals surface area contributed by atoms with Crippen molar-refractivity contribution in [2.24, 2.45) is 12.0 Å². The molecule has 1 aromatic rings. The molecule has 0 aromatic carbocycles. The molecule has 0 bridgehead atoms. The van der Waals surface area contributed by atoms with Gasteiger partial charge in [0, 0.05) is 44.3 Å². The van der Waals surface area contributed by atoms with E-state index in [1.807, 2.05) is 30.3 Å². The van der Waals surface area contributed by atoms with Gasteiger partial charge >= 0.3 is 0 Å². The van der Waals surface area contributed by atoms with E-state index < -0.39 is 0 Å². The summed E-state index contributed by atoms with van der Waals surface area (Å²) < 4.78 is 7.36. The lowest BCUT2D eigenvalue weighted by molar-refractivity contribution is 0.202. The number of ether oxygens (including phenoxy) is 1. The number of aryl methyl sites for hydroxylation is 1. The van der Waals surface area contributed by atoms with Crippen LogP contribution in [0.1, 0.15) is 25.5 Å². The van der Waals surface area contributed by atoms with E-state index in [0.29, 0.717) is 13.2 Å². The van der Waals surface area contributed by atoms with Gasteiger partial charge in [0.2, 0.25) is 0 Å². The van der Waals surface area contributed by atoms with Crippen LogP contribution in [0.15, 0.2) is 4.99 Å². The van der Waals surface area contributed by atoms with Crippen LogP contribution >= 0.6 is 11.8 Å². The third-order valence-corrected chi connectivity index (χ3v) is 5.16. The first-order chi connectivity index (χ1) is 10.9. The Bertz CT molecular complexity index is 542. The summed E-state index contributed by atoms with van der Waals surface area (Å²) in [6.45, 7) is 10.4. The number of nitrogens with one attached hydrogen (secondary N) is 1. The molecule has 0 atom stereocenters. The van der Waals surface area contributed by atoms with Crippen LogP contribution in [0.3, 0.4) is 0 Å². The highest BCUT2D eigenvalue weighted by Gasteiger charge is 2.28. The van der Waals surface area contributed by atoms with E-state index in [9.17, 15) is 0 Å². The van der Waals surface area contributed by atoms with Crippen LogP contribution in [0, 0.1) is 6.92 Å². The molecule has 1 aliphatic rings. The molecule has 1 saturated heterocycles. The lowest BCUT2D eigenvalue weighted by Crippen LogP contribution is -2.51. The summed E-state index contributed by atoms with van der Waals surface area (Å²) in [5.41, 5.74) is 0. The van der Waals surface area contributed by atoms with Crippen molar-refractivity contribution < 1.29 is 4.74 Å². The fourth-order valence-corrected chi connectivity index (χ4v) is 3.58. The van der Waals surface area contributed by atoms with Gasteiger partial charge in [-0.2, -0.15) is 11.8 Å². The Morgan fingerprint density at radius 1 is 1.43 bits per heavy atom. The maximum Gasteiger partial charge on any atom is 0.194 e. The van der Waals surface area contributed by atoms with Gasteiger partial charge in [-0.15, -0.1) is 10.2 Å². The zero-order valence-electron chi connectivity index (χ0n) is 14.8. The summed E-state index contributed by atoms with van der Waals surface area (Å²) in [5, 5.41) is 11.7. The van der Waals surface area contributed by atoms with E-state index in [1.54, 1.807) is 7.11 Å². The van der Waals surface area contributed by atoms with E-state index in [1.165, 1.54) is 0 Å². The van der Waals surface area contributed by atoms with Gasteiger partial charge in [-0.1, -0.05) is 0 Å². The van der Waals surface area contributed by atoms with Crippen LogP contribution < -0.4 is 5.32 Å². The van der Waals surface area contributed by atoms with E-state index in [0.717, 1.165) is 43.0 Å². The van der Waals surface area contributed by atoms with E-state index in [4.69, 9.17) is 9.73 Å². The molecule has 23 heavy (non-hydrogen) atoms. The van der Waals surface area contributed by atoms with Crippen molar-refractivity contribution in [1.29, 1.82) is 0 Å². The van der Waals surface area contributed by atoms with Gasteiger partial charge in [0.1, 0.15) is 12.4 Å². The number of methoxy groups -OCH3 is 1. The molecular formula is C15H28N6OS. The van der Waals surface area contributed by atoms with Crippen molar-refractivity contribution in [3.63, 3.8) is 0 Å². The molecule has 8 heteroatoms. The number of guanidine groups is 1. The second kappa shape index (κ2) is 8.01. The number of aromatic nitrogens is 3. The molecule has 1 N–H and O–H groups in total. The SMILES string of the molecule is COCCNC(=NCc1nnc(C)n1C)N1CCSC(C)(C)C1. The van der Waals surface area contributed by atoms with Crippen molar-refractivity contribution in [2.45, 2.75) is 32.1 Å². The summed E-state index contributed by atoms with van der Waals surface area (Å²) in [7, 11) is 3.68. The number of aliphatic imine (C=N–C) groups is 1. The molecule has 0 amide bonds. The normalized spacial score (nSPS) is 18.3. The first-order valence-corrected chi connectivity index (χ1v) is 8.92. The quantitative estimate of drug-likeness (QED) is 0.491. The van der Waals surface area contributed by atoms with Crippen molar-refractivity contribution >= 4 is 17.7 Å². The maximum atomic E-state index is 5.14. The van der Waals surface area contributed by atoms with Crippen LogP contribution in [-0.4, -0.2) is 69.5 Å².